The van der Waals surface area contributed by atoms with Gasteiger partial charge in [0.15, 0.2) is 0 Å². The second kappa shape index (κ2) is 3.63. The minimum absolute atomic E-state index is 0.618. The van der Waals surface area contributed by atoms with Gasteiger partial charge in [-0.3, -0.25) is 0 Å². The third kappa shape index (κ3) is 1.53. The molecular weight excluding hydrogens is 200 g/mol. The Morgan fingerprint density at radius 3 is 3.06 bits per heavy atom. The minimum Gasteiger partial charge on any atom is -0.384 e. The maximum absolute atomic E-state index is 5.74. The number of rotatable bonds is 1. The van der Waals surface area contributed by atoms with E-state index in [-0.39, 0.29) is 0 Å². The number of nitrogen functional groups attached to an aromatic ring is 1. The lowest BCUT2D eigenvalue weighted by Crippen LogP contribution is -2.35. The van der Waals surface area contributed by atoms with Gasteiger partial charge in [0.05, 0.1) is 0 Å². The molecule has 2 atom stereocenters. The second-order valence-electron chi connectivity index (χ2n) is 4.95. The van der Waals surface area contributed by atoms with E-state index >= 15 is 0 Å². The van der Waals surface area contributed by atoms with E-state index in [1.807, 2.05) is 12.1 Å². The van der Waals surface area contributed by atoms with Crippen molar-refractivity contribution in [2.45, 2.75) is 12.5 Å². The molecule has 2 N–H and O–H groups in total. The lowest BCUT2D eigenvalue weighted by molar-refractivity contribution is 0.386. The first-order valence-electron chi connectivity index (χ1n) is 5.92. The summed E-state index contributed by atoms with van der Waals surface area (Å²) in [4.78, 5) is 9.26. The number of pyridine rings is 1. The zero-order chi connectivity index (χ0) is 11.1. The van der Waals surface area contributed by atoms with Crippen molar-refractivity contribution in [2.75, 3.05) is 37.3 Å². The van der Waals surface area contributed by atoms with Crippen LogP contribution in [0.1, 0.15) is 6.42 Å². The third-order valence-corrected chi connectivity index (χ3v) is 3.78. The number of likely N-dealkylation sites (N-methyl/N-ethyl adjacent to an activating group) is 1. The first-order valence-corrected chi connectivity index (χ1v) is 5.92. The lowest BCUT2D eigenvalue weighted by atomic mass is 10.1. The van der Waals surface area contributed by atoms with Crippen LogP contribution in [0.3, 0.4) is 0 Å². The number of hydrogen-bond donors (Lipinski definition) is 1. The minimum atomic E-state index is 0.618. The molecule has 2 fully saturated rings. The molecule has 4 nitrogen and oxygen atoms in total. The van der Waals surface area contributed by atoms with E-state index in [1.165, 1.54) is 13.0 Å². The summed E-state index contributed by atoms with van der Waals surface area (Å²) in [5, 5.41) is 0. The Labute approximate surface area is 96.1 Å². The molecule has 1 aromatic rings. The van der Waals surface area contributed by atoms with Gasteiger partial charge < -0.3 is 15.5 Å². The fourth-order valence-corrected chi connectivity index (χ4v) is 3.06. The Balaban J connectivity index is 1.86. The van der Waals surface area contributed by atoms with Crippen molar-refractivity contribution in [3.05, 3.63) is 18.2 Å². The standard InChI is InChI=1S/C12H18N4/c1-15-7-9-5-6-16(10(9)8-15)12-4-2-3-11(13)14-12/h2-4,9-10H,5-8H2,1H3,(H2,13,14). The fourth-order valence-electron chi connectivity index (χ4n) is 3.06. The highest BCUT2D eigenvalue weighted by Crippen LogP contribution is 2.33. The molecule has 2 unspecified atom stereocenters. The molecule has 4 heteroatoms. The SMILES string of the molecule is CN1CC2CCN(c3cccc(N)n3)C2C1. The molecule has 2 saturated heterocycles. The lowest BCUT2D eigenvalue weighted by Gasteiger charge is -2.25. The summed E-state index contributed by atoms with van der Waals surface area (Å²) in [6, 6.07) is 6.54. The first-order chi connectivity index (χ1) is 7.74. The highest BCUT2D eigenvalue weighted by molar-refractivity contribution is 5.47. The van der Waals surface area contributed by atoms with Crippen molar-refractivity contribution < 1.29 is 0 Å². The highest BCUT2D eigenvalue weighted by atomic mass is 15.3. The second-order valence-corrected chi connectivity index (χ2v) is 4.95. The maximum Gasteiger partial charge on any atom is 0.131 e. The van der Waals surface area contributed by atoms with E-state index in [1.54, 1.807) is 0 Å². The molecular formula is C12H18N4. The molecule has 3 heterocycles. The van der Waals surface area contributed by atoms with Gasteiger partial charge in [0.1, 0.15) is 11.6 Å². The van der Waals surface area contributed by atoms with Gasteiger partial charge in [-0.25, -0.2) is 4.98 Å². The average Bonchev–Trinajstić information content (AvgIpc) is 2.76. The molecule has 0 saturated carbocycles. The molecule has 0 radical (unpaired) electrons. The van der Waals surface area contributed by atoms with Gasteiger partial charge >= 0.3 is 0 Å². The van der Waals surface area contributed by atoms with Gasteiger partial charge in [0.2, 0.25) is 0 Å². The van der Waals surface area contributed by atoms with Crippen molar-refractivity contribution >= 4 is 11.6 Å². The average molecular weight is 218 g/mol. The van der Waals surface area contributed by atoms with Gasteiger partial charge in [0.25, 0.3) is 0 Å². The fraction of sp³-hybridized carbons (Fsp3) is 0.583. The Morgan fingerprint density at radius 1 is 1.38 bits per heavy atom. The van der Waals surface area contributed by atoms with Crippen LogP contribution >= 0.6 is 0 Å². The number of aromatic nitrogens is 1. The molecule has 2 aliphatic rings. The van der Waals surface area contributed by atoms with Crippen LogP contribution in [-0.2, 0) is 0 Å². The van der Waals surface area contributed by atoms with Crippen LogP contribution in [0, 0.1) is 5.92 Å². The molecule has 16 heavy (non-hydrogen) atoms. The molecule has 0 aliphatic carbocycles. The number of likely N-dealkylation sites (tertiary alicyclic amines) is 1. The van der Waals surface area contributed by atoms with Crippen molar-refractivity contribution in [1.82, 2.24) is 9.88 Å². The van der Waals surface area contributed by atoms with Gasteiger partial charge in [-0.15, -0.1) is 0 Å². The van der Waals surface area contributed by atoms with Crippen LogP contribution in [0.15, 0.2) is 18.2 Å². The third-order valence-electron chi connectivity index (χ3n) is 3.78. The summed E-state index contributed by atoms with van der Waals surface area (Å²) in [6.45, 7) is 3.50. The Kier molecular flexibility index (Phi) is 2.24. The van der Waals surface area contributed by atoms with Gasteiger partial charge in [-0.05, 0) is 31.5 Å². The van der Waals surface area contributed by atoms with Gasteiger partial charge in [-0.2, -0.15) is 0 Å². The maximum atomic E-state index is 5.74. The van der Waals surface area contributed by atoms with E-state index in [9.17, 15) is 0 Å². The highest BCUT2D eigenvalue weighted by Gasteiger charge is 2.40. The summed E-state index contributed by atoms with van der Waals surface area (Å²) < 4.78 is 0. The van der Waals surface area contributed by atoms with Crippen molar-refractivity contribution in [2.24, 2.45) is 5.92 Å². The molecule has 3 rings (SSSR count). The van der Waals surface area contributed by atoms with Crippen LogP contribution in [0.2, 0.25) is 0 Å². The molecule has 0 bridgehead atoms. The molecule has 86 valence electrons. The van der Waals surface area contributed by atoms with E-state index in [2.05, 4.69) is 27.9 Å². The van der Waals surface area contributed by atoms with Crippen LogP contribution in [0.25, 0.3) is 0 Å². The van der Waals surface area contributed by atoms with Crippen LogP contribution in [-0.4, -0.2) is 42.6 Å². The number of hydrogen-bond acceptors (Lipinski definition) is 4. The predicted molar refractivity (Wildman–Crippen MR) is 65.4 cm³/mol. The monoisotopic (exact) mass is 218 g/mol. The normalized spacial score (nSPS) is 29.7. The largest absolute Gasteiger partial charge is 0.384 e. The number of fused-ring (bicyclic) bond motifs is 1. The van der Waals surface area contributed by atoms with E-state index in [0.29, 0.717) is 11.9 Å². The molecule has 0 amide bonds. The zero-order valence-corrected chi connectivity index (χ0v) is 9.63. The Bertz CT molecular complexity index is 392. The van der Waals surface area contributed by atoms with E-state index < -0.39 is 0 Å². The van der Waals surface area contributed by atoms with Crippen LogP contribution in [0.4, 0.5) is 11.6 Å². The summed E-state index contributed by atoms with van der Waals surface area (Å²) in [5.74, 6) is 2.48. The number of nitrogens with zero attached hydrogens (tertiary/aromatic N) is 3. The van der Waals surface area contributed by atoms with E-state index in [0.717, 1.165) is 24.8 Å². The summed E-state index contributed by atoms with van der Waals surface area (Å²) in [7, 11) is 2.20. The van der Waals surface area contributed by atoms with Gasteiger partial charge in [-0.1, -0.05) is 6.07 Å². The van der Waals surface area contributed by atoms with E-state index in [4.69, 9.17) is 5.73 Å². The summed E-state index contributed by atoms with van der Waals surface area (Å²) in [5.41, 5.74) is 5.74. The first kappa shape index (κ1) is 9.90. The quantitative estimate of drug-likeness (QED) is 0.757. The van der Waals surface area contributed by atoms with Gasteiger partial charge in [0, 0.05) is 25.7 Å². The molecule has 2 aliphatic heterocycles. The number of nitrogens with two attached hydrogens (primary N) is 1. The predicted octanol–water partition coefficient (Wildman–Crippen LogP) is 0.804. The van der Waals surface area contributed by atoms with Crippen molar-refractivity contribution in [3.8, 4) is 0 Å². The Hall–Kier alpha value is -1.29. The summed E-state index contributed by atoms with van der Waals surface area (Å²) >= 11 is 0. The van der Waals surface area contributed by atoms with Crippen molar-refractivity contribution in [3.63, 3.8) is 0 Å². The van der Waals surface area contributed by atoms with Crippen molar-refractivity contribution in [1.29, 1.82) is 0 Å². The van der Waals surface area contributed by atoms with Crippen LogP contribution < -0.4 is 10.6 Å². The summed E-state index contributed by atoms with van der Waals surface area (Å²) in [6.07, 6.45) is 1.28. The smallest absolute Gasteiger partial charge is 0.131 e. The van der Waals surface area contributed by atoms with Crippen LogP contribution in [0.5, 0.6) is 0 Å². The topological polar surface area (TPSA) is 45.4 Å². The molecule has 0 aromatic carbocycles. The molecule has 1 aromatic heterocycles. The molecule has 0 spiro atoms. The Morgan fingerprint density at radius 2 is 2.25 bits per heavy atom. The zero-order valence-electron chi connectivity index (χ0n) is 9.63. The number of anilines is 2.